The lowest BCUT2D eigenvalue weighted by Gasteiger charge is -2.30. The fourth-order valence-electron chi connectivity index (χ4n) is 8.30. The van der Waals surface area contributed by atoms with E-state index in [2.05, 4.69) is 205 Å². The highest BCUT2D eigenvalue weighted by molar-refractivity contribution is 7.26. The minimum Gasteiger partial charge on any atom is -0.309 e. The molecule has 0 N–H and O–H groups in total. The monoisotopic (exact) mass is 735 g/mol. The zero-order valence-corrected chi connectivity index (χ0v) is 31.4. The van der Waals surface area contributed by atoms with E-state index in [1.807, 2.05) is 22.7 Å². The van der Waals surface area contributed by atoms with E-state index < -0.39 is 0 Å². The number of thiophene rings is 2. The predicted molar refractivity (Wildman–Crippen MR) is 241 cm³/mol. The third-order valence-corrected chi connectivity index (χ3v) is 13.1. The van der Waals surface area contributed by atoms with Gasteiger partial charge in [-0.3, -0.25) is 0 Å². The molecule has 258 valence electrons. The summed E-state index contributed by atoms with van der Waals surface area (Å²) >= 11 is 3.73. The number of benzene rings is 9. The number of rotatable bonds is 6. The van der Waals surface area contributed by atoms with Crippen molar-refractivity contribution in [3.63, 3.8) is 0 Å². The molecule has 2 aromatic heterocycles. The summed E-state index contributed by atoms with van der Waals surface area (Å²) in [5.41, 5.74) is 10.6. The summed E-state index contributed by atoms with van der Waals surface area (Å²) in [6, 6.07) is 73.6. The molecule has 0 aliphatic rings. The van der Waals surface area contributed by atoms with Gasteiger partial charge >= 0.3 is 0 Å². The van der Waals surface area contributed by atoms with Crippen molar-refractivity contribution in [2.75, 3.05) is 4.90 Å². The lowest BCUT2D eigenvalue weighted by Crippen LogP contribution is -2.12. The van der Waals surface area contributed by atoms with Gasteiger partial charge in [0.2, 0.25) is 0 Å². The third-order valence-electron chi connectivity index (χ3n) is 10.9. The quantitative estimate of drug-likeness (QED) is 0.164. The van der Waals surface area contributed by atoms with Crippen LogP contribution in [0.25, 0.3) is 84.5 Å². The van der Waals surface area contributed by atoms with Crippen LogP contribution in [-0.4, -0.2) is 0 Å². The highest BCUT2D eigenvalue weighted by Crippen LogP contribution is 2.48. The minimum absolute atomic E-state index is 1.11. The van der Waals surface area contributed by atoms with Crippen LogP contribution in [0.1, 0.15) is 0 Å². The molecule has 0 spiro atoms. The molecule has 0 atom stereocenters. The summed E-state index contributed by atoms with van der Waals surface area (Å²) in [5, 5.41) is 7.71. The summed E-state index contributed by atoms with van der Waals surface area (Å²) < 4.78 is 5.25. The van der Waals surface area contributed by atoms with Crippen LogP contribution in [0.3, 0.4) is 0 Å². The van der Waals surface area contributed by atoms with E-state index in [0.29, 0.717) is 0 Å². The Morgan fingerprint density at radius 2 is 0.891 bits per heavy atom. The van der Waals surface area contributed by atoms with Gasteiger partial charge in [-0.1, -0.05) is 140 Å². The Morgan fingerprint density at radius 1 is 0.309 bits per heavy atom. The van der Waals surface area contributed by atoms with Crippen molar-refractivity contribution in [2.24, 2.45) is 0 Å². The van der Waals surface area contributed by atoms with Gasteiger partial charge in [0.1, 0.15) is 0 Å². The SMILES string of the molecule is c1cc(-c2ccc3sc4ccccc4c3c2)cc(N(c2ccccc2-c2ccc3ccccc3c2)c2ccccc2-c2cccc3sc4ccccc4c23)c1. The first kappa shape index (κ1) is 32.0. The maximum Gasteiger partial charge on any atom is 0.0540 e. The molecule has 0 unspecified atom stereocenters. The second-order valence-electron chi connectivity index (χ2n) is 14.1. The molecule has 3 heteroatoms. The highest BCUT2D eigenvalue weighted by atomic mass is 32.1. The van der Waals surface area contributed by atoms with E-state index >= 15 is 0 Å². The van der Waals surface area contributed by atoms with Crippen molar-refractivity contribution in [3.8, 4) is 33.4 Å². The zero-order chi connectivity index (χ0) is 36.3. The standard InChI is InChI=1S/C52H33NS2/c1-2-14-35-31-38(28-27-34(35)13-1)40-17-3-7-22-46(40)53(39-16-11-15-36(32-39)37-29-30-50-45(33-37)42-19-5-9-24-48(42)54-50)47-23-8-4-18-41(47)43-21-12-26-51-52(43)44-20-6-10-25-49(44)55-51/h1-33H. The smallest absolute Gasteiger partial charge is 0.0540 e. The second-order valence-corrected chi connectivity index (χ2v) is 16.2. The first-order chi connectivity index (χ1) is 27.3. The van der Waals surface area contributed by atoms with E-state index in [-0.39, 0.29) is 0 Å². The van der Waals surface area contributed by atoms with Crippen LogP contribution in [-0.2, 0) is 0 Å². The van der Waals surface area contributed by atoms with E-state index in [9.17, 15) is 0 Å². The van der Waals surface area contributed by atoms with Crippen LogP contribution in [0.5, 0.6) is 0 Å². The van der Waals surface area contributed by atoms with Gasteiger partial charge in [0, 0.05) is 57.2 Å². The van der Waals surface area contributed by atoms with Gasteiger partial charge in [0.25, 0.3) is 0 Å². The molecule has 55 heavy (non-hydrogen) atoms. The Morgan fingerprint density at radius 3 is 1.76 bits per heavy atom. The Labute approximate surface area is 327 Å². The number of nitrogens with zero attached hydrogens (tertiary/aromatic N) is 1. The second kappa shape index (κ2) is 13.1. The lowest BCUT2D eigenvalue weighted by molar-refractivity contribution is 1.28. The fraction of sp³-hybridized carbons (Fsp3) is 0. The highest BCUT2D eigenvalue weighted by Gasteiger charge is 2.22. The van der Waals surface area contributed by atoms with Crippen LogP contribution in [0, 0.1) is 0 Å². The Hall–Kier alpha value is -6.52. The molecular formula is C52H33NS2. The zero-order valence-electron chi connectivity index (χ0n) is 29.8. The van der Waals surface area contributed by atoms with Crippen molar-refractivity contribution in [3.05, 3.63) is 200 Å². The number of anilines is 3. The molecule has 0 saturated carbocycles. The third kappa shape index (κ3) is 5.43. The molecule has 0 aliphatic heterocycles. The molecule has 0 bridgehead atoms. The maximum absolute atomic E-state index is 2.48. The Bertz CT molecular complexity index is 3240. The van der Waals surface area contributed by atoms with Gasteiger partial charge in [0.05, 0.1) is 11.4 Å². The van der Waals surface area contributed by atoms with E-state index in [1.54, 1.807) is 0 Å². The molecule has 0 fully saturated rings. The first-order valence-corrected chi connectivity index (χ1v) is 20.3. The van der Waals surface area contributed by atoms with Crippen molar-refractivity contribution in [1.82, 2.24) is 0 Å². The van der Waals surface area contributed by atoms with Gasteiger partial charge < -0.3 is 4.90 Å². The van der Waals surface area contributed by atoms with Gasteiger partial charge in [-0.15, -0.1) is 22.7 Å². The molecule has 11 rings (SSSR count). The Balaban J connectivity index is 1.15. The van der Waals surface area contributed by atoms with Gasteiger partial charge in [-0.25, -0.2) is 0 Å². The predicted octanol–water partition coefficient (Wildman–Crippen LogP) is 16.0. The number of hydrogen-bond donors (Lipinski definition) is 0. The van der Waals surface area contributed by atoms with E-state index in [0.717, 1.165) is 17.1 Å². The average Bonchev–Trinajstić information content (AvgIpc) is 3.82. The van der Waals surface area contributed by atoms with Crippen molar-refractivity contribution < 1.29 is 0 Å². The Kier molecular flexibility index (Phi) is 7.61. The molecule has 1 nitrogen and oxygen atoms in total. The molecule has 9 aromatic carbocycles. The lowest BCUT2D eigenvalue weighted by atomic mass is 9.95. The van der Waals surface area contributed by atoms with Crippen LogP contribution >= 0.6 is 22.7 Å². The number of hydrogen-bond acceptors (Lipinski definition) is 3. The molecule has 2 heterocycles. The van der Waals surface area contributed by atoms with Gasteiger partial charge in [0.15, 0.2) is 0 Å². The van der Waals surface area contributed by atoms with Crippen LogP contribution in [0.4, 0.5) is 17.1 Å². The summed E-state index contributed by atoms with van der Waals surface area (Å²) in [7, 11) is 0. The largest absolute Gasteiger partial charge is 0.309 e. The molecule has 0 radical (unpaired) electrons. The molecular weight excluding hydrogens is 703 g/mol. The average molecular weight is 736 g/mol. The van der Waals surface area contributed by atoms with Crippen molar-refractivity contribution in [2.45, 2.75) is 0 Å². The molecule has 0 amide bonds. The normalized spacial score (nSPS) is 11.6. The topological polar surface area (TPSA) is 3.24 Å². The van der Waals surface area contributed by atoms with Crippen molar-refractivity contribution >= 4 is 90.9 Å². The minimum atomic E-state index is 1.11. The maximum atomic E-state index is 2.48. The summed E-state index contributed by atoms with van der Waals surface area (Å²) in [4.78, 5) is 2.48. The van der Waals surface area contributed by atoms with Crippen LogP contribution in [0.15, 0.2) is 200 Å². The van der Waals surface area contributed by atoms with Crippen molar-refractivity contribution in [1.29, 1.82) is 0 Å². The van der Waals surface area contributed by atoms with Gasteiger partial charge in [-0.2, -0.15) is 0 Å². The molecule has 0 aliphatic carbocycles. The number of para-hydroxylation sites is 2. The molecule has 0 saturated heterocycles. The summed E-state index contributed by atoms with van der Waals surface area (Å²) in [6.45, 7) is 0. The van der Waals surface area contributed by atoms with E-state index in [4.69, 9.17) is 0 Å². The summed E-state index contributed by atoms with van der Waals surface area (Å²) in [6.07, 6.45) is 0. The van der Waals surface area contributed by atoms with Gasteiger partial charge in [-0.05, 0) is 93.7 Å². The summed E-state index contributed by atoms with van der Waals surface area (Å²) in [5.74, 6) is 0. The first-order valence-electron chi connectivity index (χ1n) is 18.7. The van der Waals surface area contributed by atoms with Crippen LogP contribution in [0.2, 0.25) is 0 Å². The molecule has 11 aromatic rings. The number of fused-ring (bicyclic) bond motifs is 7. The fourth-order valence-corrected chi connectivity index (χ4v) is 10.5. The van der Waals surface area contributed by atoms with Crippen LogP contribution < -0.4 is 4.90 Å². The van der Waals surface area contributed by atoms with E-state index in [1.165, 1.54) is 84.5 Å².